The fraction of sp³-hybridized carbons (Fsp3) is 0.333. The van der Waals surface area contributed by atoms with Gasteiger partial charge in [0.25, 0.3) is 5.69 Å². The molecular formula is C15H14N2O5. The minimum Gasteiger partial charge on any atom is -0.512 e. The molecule has 114 valence electrons. The molecule has 0 spiro atoms. The van der Waals surface area contributed by atoms with Gasteiger partial charge in [0.05, 0.1) is 29.1 Å². The van der Waals surface area contributed by atoms with Crippen LogP contribution in [-0.4, -0.2) is 23.1 Å². The maximum Gasteiger partial charge on any atom is 0.337 e. The molecule has 0 heterocycles. The van der Waals surface area contributed by atoms with E-state index < -0.39 is 16.3 Å². The van der Waals surface area contributed by atoms with Crippen LogP contribution in [0.3, 0.4) is 0 Å². The number of carbonyl (C=O) groups is 1. The van der Waals surface area contributed by atoms with Crippen molar-refractivity contribution in [2.75, 3.05) is 7.11 Å². The van der Waals surface area contributed by atoms with Crippen molar-refractivity contribution in [1.29, 1.82) is 5.26 Å². The summed E-state index contributed by atoms with van der Waals surface area (Å²) in [6.07, 6.45) is 0.376. The van der Waals surface area contributed by atoms with Crippen molar-refractivity contribution in [2.24, 2.45) is 0 Å². The number of hydrogen-bond acceptors (Lipinski definition) is 6. The molecule has 1 aliphatic rings. The van der Waals surface area contributed by atoms with E-state index in [2.05, 4.69) is 10.8 Å². The molecule has 0 fully saturated rings. The number of hydrogen-bond donors (Lipinski definition) is 1. The van der Waals surface area contributed by atoms with Crippen LogP contribution in [0.15, 0.2) is 35.6 Å². The van der Waals surface area contributed by atoms with E-state index in [1.165, 1.54) is 25.3 Å². The van der Waals surface area contributed by atoms with Crippen LogP contribution in [0.1, 0.15) is 24.8 Å². The predicted molar refractivity (Wildman–Crippen MR) is 75.9 cm³/mol. The SMILES string of the molecule is COC(=O)C1=C(O)CCC(C#N)(c2cccc([N+](=O)[O-])c2)C1. The maximum atomic E-state index is 11.7. The number of non-ortho nitro benzene ring substituents is 1. The lowest BCUT2D eigenvalue weighted by Crippen LogP contribution is -2.31. The smallest absolute Gasteiger partial charge is 0.337 e. The number of methoxy groups -OCH3 is 1. The lowest BCUT2D eigenvalue weighted by molar-refractivity contribution is -0.385. The molecule has 1 unspecified atom stereocenters. The molecule has 0 aliphatic heterocycles. The summed E-state index contributed by atoms with van der Waals surface area (Å²) in [4.78, 5) is 22.1. The van der Waals surface area contributed by atoms with Gasteiger partial charge in [0.1, 0.15) is 5.76 Å². The number of nitrogens with zero attached hydrogens (tertiary/aromatic N) is 2. The summed E-state index contributed by atoms with van der Waals surface area (Å²) < 4.78 is 4.62. The Hall–Kier alpha value is -2.88. The summed E-state index contributed by atoms with van der Waals surface area (Å²) >= 11 is 0. The number of ether oxygens (including phenoxy) is 1. The summed E-state index contributed by atoms with van der Waals surface area (Å²) in [6.45, 7) is 0. The monoisotopic (exact) mass is 302 g/mol. The zero-order chi connectivity index (χ0) is 16.3. The van der Waals surface area contributed by atoms with Gasteiger partial charge in [0.2, 0.25) is 0 Å². The highest BCUT2D eigenvalue weighted by atomic mass is 16.6. The van der Waals surface area contributed by atoms with E-state index in [-0.39, 0.29) is 36.3 Å². The molecule has 1 aliphatic carbocycles. The summed E-state index contributed by atoms with van der Waals surface area (Å²) in [5.74, 6) is -0.787. The summed E-state index contributed by atoms with van der Waals surface area (Å²) in [5, 5.41) is 30.4. The first-order chi connectivity index (χ1) is 10.4. The minimum absolute atomic E-state index is 0.0385. The molecule has 0 aromatic heterocycles. The van der Waals surface area contributed by atoms with Gasteiger partial charge in [0.15, 0.2) is 0 Å². The van der Waals surface area contributed by atoms with Crippen LogP contribution in [0, 0.1) is 21.4 Å². The Morgan fingerprint density at radius 2 is 2.27 bits per heavy atom. The van der Waals surface area contributed by atoms with E-state index in [1.54, 1.807) is 6.07 Å². The number of rotatable bonds is 3. The van der Waals surface area contributed by atoms with Crippen molar-refractivity contribution in [1.82, 2.24) is 0 Å². The zero-order valence-corrected chi connectivity index (χ0v) is 11.9. The highest BCUT2D eigenvalue weighted by Gasteiger charge is 2.40. The topological polar surface area (TPSA) is 113 Å². The minimum atomic E-state index is -1.10. The first kappa shape index (κ1) is 15.5. The molecule has 1 atom stereocenters. The van der Waals surface area contributed by atoms with E-state index in [1.807, 2.05) is 0 Å². The first-order valence-electron chi connectivity index (χ1n) is 6.59. The van der Waals surface area contributed by atoms with Gasteiger partial charge in [-0.25, -0.2) is 4.79 Å². The molecule has 2 rings (SSSR count). The second kappa shape index (κ2) is 5.85. The number of esters is 1. The van der Waals surface area contributed by atoms with Crippen molar-refractivity contribution >= 4 is 11.7 Å². The third-order valence-corrected chi connectivity index (χ3v) is 3.87. The Bertz CT molecular complexity index is 704. The molecule has 0 amide bonds. The molecule has 1 aromatic rings. The van der Waals surface area contributed by atoms with Crippen molar-refractivity contribution in [3.63, 3.8) is 0 Å². The maximum absolute atomic E-state index is 11.7. The molecule has 0 saturated carbocycles. The number of benzene rings is 1. The first-order valence-corrected chi connectivity index (χ1v) is 6.59. The number of aliphatic hydroxyl groups is 1. The molecule has 1 aromatic carbocycles. The predicted octanol–water partition coefficient (Wildman–Crippen LogP) is 2.53. The van der Waals surface area contributed by atoms with Crippen LogP contribution in [0.4, 0.5) is 5.69 Å². The van der Waals surface area contributed by atoms with Crippen LogP contribution in [0.2, 0.25) is 0 Å². The fourth-order valence-electron chi connectivity index (χ4n) is 2.61. The zero-order valence-electron chi connectivity index (χ0n) is 11.9. The van der Waals surface area contributed by atoms with Crippen molar-refractivity contribution < 1.29 is 19.6 Å². The molecule has 7 nitrogen and oxygen atoms in total. The lowest BCUT2D eigenvalue weighted by Gasteiger charge is -2.31. The number of aliphatic hydroxyl groups excluding tert-OH is 1. The highest BCUT2D eigenvalue weighted by Crippen LogP contribution is 2.42. The van der Waals surface area contributed by atoms with E-state index in [0.717, 1.165) is 0 Å². The van der Waals surface area contributed by atoms with Gasteiger partial charge >= 0.3 is 5.97 Å². The largest absolute Gasteiger partial charge is 0.512 e. The van der Waals surface area contributed by atoms with Crippen molar-refractivity contribution in [2.45, 2.75) is 24.7 Å². The second-order valence-electron chi connectivity index (χ2n) is 5.09. The molecule has 1 N–H and O–H groups in total. The van der Waals surface area contributed by atoms with Gasteiger partial charge in [0, 0.05) is 25.0 Å². The molecule has 0 bridgehead atoms. The summed E-state index contributed by atoms with van der Waals surface area (Å²) in [7, 11) is 1.19. The van der Waals surface area contributed by atoms with Crippen LogP contribution < -0.4 is 0 Å². The molecule has 7 heteroatoms. The number of allylic oxidation sites excluding steroid dienone is 1. The lowest BCUT2D eigenvalue weighted by atomic mass is 9.70. The van der Waals surface area contributed by atoms with Crippen LogP contribution >= 0.6 is 0 Å². The summed E-state index contributed by atoms with van der Waals surface area (Å²) in [5.41, 5.74) is -0.715. The third-order valence-electron chi connectivity index (χ3n) is 3.87. The third kappa shape index (κ3) is 2.63. The van der Waals surface area contributed by atoms with Crippen LogP contribution in [-0.2, 0) is 14.9 Å². The molecule has 22 heavy (non-hydrogen) atoms. The number of carbonyl (C=O) groups excluding carboxylic acids is 1. The molecular weight excluding hydrogens is 288 g/mol. The Labute approximate surface area is 126 Å². The normalized spacial score (nSPS) is 21.1. The van der Waals surface area contributed by atoms with E-state index in [9.17, 15) is 25.3 Å². The van der Waals surface area contributed by atoms with Gasteiger partial charge in [-0.2, -0.15) is 5.26 Å². The standard InChI is InChI=1S/C15H14N2O5/c1-22-14(19)12-8-15(9-16,6-5-13(12)18)10-3-2-4-11(7-10)17(20)21/h2-4,7,18H,5-6,8H2,1H3. The Balaban J connectivity index is 2.48. The van der Waals surface area contributed by atoms with E-state index in [4.69, 9.17) is 0 Å². The van der Waals surface area contributed by atoms with Crippen molar-refractivity contribution in [3.8, 4) is 6.07 Å². The van der Waals surface area contributed by atoms with Crippen LogP contribution in [0.25, 0.3) is 0 Å². The average molecular weight is 302 g/mol. The van der Waals surface area contributed by atoms with Gasteiger partial charge in [-0.15, -0.1) is 0 Å². The van der Waals surface area contributed by atoms with E-state index >= 15 is 0 Å². The highest BCUT2D eigenvalue weighted by molar-refractivity contribution is 5.89. The number of nitro benzene ring substituents is 1. The van der Waals surface area contributed by atoms with Gasteiger partial charge in [-0.3, -0.25) is 10.1 Å². The Morgan fingerprint density at radius 1 is 1.55 bits per heavy atom. The molecule has 0 radical (unpaired) electrons. The van der Waals surface area contributed by atoms with Gasteiger partial charge < -0.3 is 9.84 Å². The summed E-state index contributed by atoms with van der Waals surface area (Å²) in [6, 6.07) is 7.95. The van der Waals surface area contributed by atoms with Crippen LogP contribution in [0.5, 0.6) is 0 Å². The average Bonchev–Trinajstić information content (AvgIpc) is 2.55. The Kier molecular flexibility index (Phi) is 4.13. The number of nitriles is 1. The quantitative estimate of drug-likeness (QED) is 0.521. The number of nitro groups is 1. The fourth-order valence-corrected chi connectivity index (χ4v) is 2.61. The van der Waals surface area contributed by atoms with E-state index in [0.29, 0.717) is 5.56 Å². The second-order valence-corrected chi connectivity index (χ2v) is 5.09. The van der Waals surface area contributed by atoms with Gasteiger partial charge in [-0.05, 0) is 12.0 Å². The van der Waals surface area contributed by atoms with Gasteiger partial charge in [-0.1, -0.05) is 12.1 Å². The Morgan fingerprint density at radius 3 is 2.86 bits per heavy atom. The molecule has 0 saturated heterocycles. The van der Waals surface area contributed by atoms with Crippen molar-refractivity contribution in [3.05, 3.63) is 51.3 Å².